The minimum absolute atomic E-state index is 0.131. The third-order valence-electron chi connectivity index (χ3n) is 3.90. The molecule has 0 spiro atoms. The van der Waals surface area contributed by atoms with E-state index in [0.29, 0.717) is 31.7 Å². The Morgan fingerprint density at radius 3 is 2.59 bits per heavy atom. The number of rotatable bonds is 4. The molecule has 22 heavy (non-hydrogen) atoms. The van der Waals surface area contributed by atoms with Gasteiger partial charge in [0, 0.05) is 44.0 Å². The van der Waals surface area contributed by atoms with Gasteiger partial charge in [-0.15, -0.1) is 0 Å². The van der Waals surface area contributed by atoms with Gasteiger partial charge in [0.25, 0.3) is 11.8 Å². The zero-order valence-corrected chi connectivity index (χ0v) is 12.2. The highest BCUT2D eigenvalue weighted by molar-refractivity contribution is 5.98. The Bertz CT molecular complexity index is 592. The smallest absolute Gasteiger partial charge is 0.270 e. The number of carbonyl (C=O) groups excluding carboxylic acids is 3. The molecule has 1 saturated heterocycles. The Kier molecular flexibility index (Phi) is 4.04. The molecule has 1 aromatic rings. The van der Waals surface area contributed by atoms with Crippen molar-refractivity contribution in [2.24, 2.45) is 0 Å². The normalized spacial score (nSPS) is 18.0. The Hall–Kier alpha value is -2.44. The van der Waals surface area contributed by atoms with Crippen LogP contribution in [0, 0.1) is 0 Å². The second-order valence-corrected chi connectivity index (χ2v) is 5.61. The lowest BCUT2D eigenvalue weighted by Crippen LogP contribution is -2.48. The van der Waals surface area contributed by atoms with E-state index in [1.165, 1.54) is 12.3 Å². The number of nitrogens with one attached hydrogen (secondary N) is 1. The lowest BCUT2D eigenvalue weighted by Gasteiger charge is -2.32. The van der Waals surface area contributed by atoms with Crippen LogP contribution in [0.2, 0.25) is 0 Å². The highest BCUT2D eigenvalue weighted by Crippen LogP contribution is 2.19. The molecule has 7 heteroatoms. The summed E-state index contributed by atoms with van der Waals surface area (Å²) < 4.78 is 0. The fourth-order valence-electron chi connectivity index (χ4n) is 2.39. The predicted octanol–water partition coefficient (Wildman–Crippen LogP) is -0.112. The van der Waals surface area contributed by atoms with E-state index in [1.807, 2.05) is 0 Å². The SMILES string of the molecule is O=CN1CCN(C(=O)c2ccnc(C(=O)NC3CC3)c2)CC1. The van der Waals surface area contributed by atoms with Gasteiger partial charge >= 0.3 is 0 Å². The third kappa shape index (κ3) is 3.24. The van der Waals surface area contributed by atoms with E-state index in [9.17, 15) is 14.4 Å². The summed E-state index contributed by atoms with van der Waals surface area (Å²) in [6.07, 6.45) is 4.29. The summed E-state index contributed by atoms with van der Waals surface area (Å²) in [5, 5.41) is 2.86. The Balaban J connectivity index is 1.67. The topological polar surface area (TPSA) is 82.6 Å². The zero-order chi connectivity index (χ0) is 15.5. The summed E-state index contributed by atoms with van der Waals surface area (Å²) in [5.74, 6) is -0.364. The number of nitrogens with zero attached hydrogens (tertiary/aromatic N) is 3. The lowest BCUT2D eigenvalue weighted by molar-refractivity contribution is -0.119. The van der Waals surface area contributed by atoms with Crippen LogP contribution < -0.4 is 5.32 Å². The minimum atomic E-state index is -0.233. The largest absolute Gasteiger partial charge is 0.348 e. The van der Waals surface area contributed by atoms with Gasteiger partial charge in [0.15, 0.2) is 0 Å². The van der Waals surface area contributed by atoms with Crippen molar-refractivity contribution in [3.63, 3.8) is 0 Å². The summed E-state index contributed by atoms with van der Waals surface area (Å²) in [6.45, 7) is 2.08. The number of piperazine rings is 1. The first-order valence-corrected chi connectivity index (χ1v) is 7.43. The van der Waals surface area contributed by atoms with E-state index >= 15 is 0 Å². The maximum atomic E-state index is 12.5. The van der Waals surface area contributed by atoms with E-state index in [-0.39, 0.29) is 23.6 Å². The van der Waals surface area contributed by atoms with Gasteiger partial charge < -0.3 is 15.1 Å². The Labute approximate surface area is 128 Å². The molecule has 0 bridgehead atoms. The van der Waals surface area contributed by atoms with Crippen molar-refractivity contribution in [2.75, 3.05) is 26.2 Å². The average Bonchev–Trinajstić information content (AvgIpc) is 3.38. The van der Waals surface area contributed by atoms with Crippen LogP contribution in [-0.2, 0) is 4.79 Å². The van der Waals surface area contributed by atoms with Crippen molar-refractivity contribution < 1.29 is 14.4 Å². The molecule has 1 aromatic heterocycles. The van der Waals surface area contributed by atoms with E-state index in [1.54, 1.807) is 15.9 Å². The molecule has 2 heterocycles. The molecule has 3 amide bonds. The van der Waals surface area contributed by atoms with Crippen molar-refractivity contribution in [2.45, 2.75) is 18.9 Å². The van der Waals surface area contributed by atoms with Crippen LogP contribution in [0.25, 0.3) is 0 Å². The Morgan fingerprint density at radius 2 is 1.95 bits per heavy atom. The second kappa shape index (κ2) is 6.13. The summed E-state index contributed by atoms with van der Waals surface area (Å²) in [6, 6.07) is 3.40. The molecule has 7 nitrogen and oxygen atoms in total. The fraction of sp³-hybridized carbons (Fsp3) is 0.467. The minimum Gasteiger partial charge on any atom is -0.348 e. The molecule has 0 atom stereocenters. The first-order chi connectivity index (χ1) is 10.7. The number of amides is 3. The van der Waals surface area contributed by atoms with E-state index < -0.39 is 0 Å². The number of carbonyl (C=O) groups is 3. The fourth-order valence-corrected chi connectivity index (χ4v) is 2.39. The molecule has 1 N–H and O–H groups in total. The van der Waals surface area contributed by atoms with Crippen molar-refractivity contribution in [1.82, 2.24) is 20.1 Å². The highest BCUT2D eigenvalue weighted by atomic mass is 16.2. The first-order valence-electron chi connectivity index (χ1n) is 7.43. The molecule has 0 radical (unpaired) electrons. The second-order valence-electron chi connectivity index (χ2n) is 5.61. The molecule has 1 saturated carbocycles. The molecular weight excluding hydrogens is 284 g/mol. The molecule has 0 aromatic carbocycles. The van der Waals surface area contributed by atoms with Gasteiger partial charge in [0.2, 0.25) is 6.41 Å². The molecule has 2 fully saturated rings. The van der Waals surface area contributed by atoms with Crippen LogP contribution >= 0.6 is 0 Å². The van der Waals surface area contributed by atoms with E-state index in [2.05, 4.69) is 10.3 Å². The van der Waals surface area contributed by atoms with Crippen molar-refractivity contribution in [3.8, 4) is 0 Å². The van der Waals surface area contributed by atoms with Gasteiger partial charge in [-0.1, -0.05) is 0 Å². The first kappa shape index (κ1) is 14.5. The van der Waals surface area contributed by atoms with Crippen LogP contribution in [-0.4, -0.2) is 65.2 Å². The molecule has 2 aliphatic rings. The summed E-state index contributed by atoms with van der Waals surface area (Å²) in [5.41, 5.74) is 0.722. The maximum Gasteiger partial charge on any atom is 0.270 e. The van der Waals surface area contributed by atoms with Gasteiger partial charge in [-0.25, -0.2) is 0 Å². The summed E-state index contributed by atoms with van der Waals surface area (Å²) >= 11 is 0. The van der Waals surface area contributed by atoms with Gasteiger partial charge in [0.05, 0.1) is 0 Å². The number of aromatic nitrogens is 1. The zero-order valence-electron chi connectivity index (χ0n) is 12.2. The Morgan fingerprint density at radius 1 is 1.23 bits per heavy atom. The van der Waals surface area contributed by atoms with Gasteiger partial charge in [0.1, 0.15) is 5.69 Å². The monoisotopic (exact) mass is 302 g/mol. The molecule has 1 aliphatic heterocycles. The van der Waals surface area contributed by atoms with Crippen LogP contribution in [0.3, 0.4) is 0 Å². The standard InChI is InChI=1S/C15H18N4O3/c20-10-18-5-7-19(8-6-18)15(22)11-3-4-16-13(9-11)14(21)17-12-1-2-12/h3-4,9-10,12H,1-2,5-8H2,(H,17,21). The van der Waals surface area contributed by atoms with Gasteiger partial charge in [-0.3, -0.25) is 19.4 Å². The molecule has 0 unspecified atom stereocenters. The maximum absolute atomic E-state index is 12.5. The summed E-state index contributed by atoms with van der Waals surface area (Å²) in [4.78, 5) is 42.5. The van der Waals surface area contributed by atoms with Gasteiger partial charge in [-0.05, 0) is 25.0 Å². The highest BCUT2D eigenvalue weighted by Gasteiger charge is 2.25. The van der Waals surface area contributed by atoms with Crippen LogP contribution in [0.4, 0.5) is 0 Å². The van der Waals surface area contributed by atoms with Crippen LogP contribution in [0.1, 0.15) is 33.7 Å². The number of hydrogen-bond acceptors (Lipinski definition) is 4. The number of hydrogen-bond donors (Lipinski definition) is 1. The predicted molar refractivity (Wildman–Crippen MR) is 78.3 cm³/mol. The third-order valence-corrected chi connectivity index (χ3v) is 3.90. The molecule has 116 valence electrons. The number of pyridine rings is 1. The molecule has 1 aliphatic carbocycles. The quantitative estimate of drug-likeness (QED) is 0.787. The van der Waals surface area contributed by atoms with Crippen molar-refractivity contribution in [1.29, 1.82) is 0 Å². The van der Waals surface area contributed by atoms with Crippen molar-refractivity contribution in [3.05, 3.63) is 29.6 Å². The average molecular weight is 302 g/mol. The molecule has 3 rings (SSSR count). The van der Waals surface area contributed by atoms with Gasteiger partial charge in [-0.2, -0.15) is 0 Å². The van der Waals surface area contributed by atoms with E-state index in [4.69, 9.17) is 0 Å². The van der Waals surface area contributed by atoms with Crippen molar-refractivity contribution >= 4 is 18.2 Å². The van der Waals surface area contributed by atoms with Crippen LogP contribution in [0.5, 0.6) is 0 Å². The summed E-state index contributed by atoms with van der Waals surface area (Å²) in [7, 11) is 0. The van der Waals surface area contributed by atoms with E-state index in [0.717, 1.165) is 19.3 Å². The lowest BCUT2D eigenvalue weighted by atomic mass is 10.1. The molecular formula is C15H18N4O3. The van der Waals surface area contributed by atoms with Crippen LogP contribution in [0.15, 0.2) is 18.3 Å².